The maximum absolute atomic E-state index is 10.7. The standard InChI is InChI=1S/C10H16O/c11-7-9-5-1-3-8-4-2-6-10(8)9/h7-10H,1-6H2. The number of fused-ring (bicyclic) bond motifs is 1. The molecule has 0 aromatic rings. The summed E-state index contributed by atoms with van der Waals surface area (Å²) in [5.41, 5.74) is 0. The van der Waals surface area contributed by atoms with E-state index in [1.165, 1.54) is 44.8 Å². The Bertz CT molecular complexity index is 153. The van der Waals surface area contributed by atoms with Crippen LogP contribution in [0.2, 0.25) is 0 Å². The summed E-state index contributed by atoms with van der Waals surface area (Å²) in [4.78, 5) is 10.7. The van der Waals surface area contributed by atoms with E-state index in [1.54, 1.807) is 0 Å². The van der Waals surface area contributed by atoms with Crippen molar-refractivity contribution in [3.05, 3.63) is 0 Å². The van der Waals surface area contributed by atoms with Crippen molar-refractivity contribution in [3.63, 3.8) is 0 Å². The van der Waals surface area contributed by atoms with Crippen LogP contribution in [-0.4, -0.2) is 6.29 Å². The normalized spacial score (nSPS) is 43.5. The van der Waals surface area contributed by atoms with E-state index in [9.17, 15) is 4.79 Å². The van der Waals surface area contributed by atoms with E-state index in [1.807, 2.05) is 0 Å². The van der Waals surface area contributed by atoms with Gasteiger partial charge in [-0.1, -0.05) is 25.7 Å². The summed E-state index contributed by atoms with van der Waals surface area (Å²) in [5.74, 6) is 2.12. The van der Waals surface area contributed by atoms with Gasteiger partial charge < -0.3 is 4.79 Å². The highest BCUT2D eigenvalue weighted by Crippen LogP contribution is 2.44. The monoisotopic (exact) mass is 152 g/mol. The predicted octanol–water partition coefficient (Wildman–Crippen LogP) is 2.40. The molecule has 2 rings (SSSR count). The van der Waals surface area contributed by atoms with Crippen molar-refractivity contribution in [1.82, 2.24) is 0 Å². The summed E-state index contributed by atoms with van der Waals surface area (Å²) in [6.07, 6.45) is 9.18. The molecule has 0 heterocycles. The quantitative estimate of drug-likeness (QED) is 0.527. The van der Waals surface area contributed by atoms with E-state index < -0.39 is 0 Å². The van der Waals surface area contributed by atoms with Gasteiger partial charge in [0.05, 0.1) is 0 Å². The molecule has 1 nitrogen and oxygen atoms in total. The number of hydrogen-bond donors (Lipinski definition) is 0. The van der Waals surface area contributed by atoms with E-state index >= 15 is 0 Å². The fourth-order valence-electron chi connectivity index (χ4n) is 2.99. The fraction of sp³-hybridized carbons (Fsp3) is 0.900. The van der Waals surface area contributed by atoms with Gasteiger partial charge in [-0.3, -0.25) is 0 Å². The Balaban J connectivity index is 2.06. The van der Waals surface area contributed by atoms with Crippen molar-refractivity contribution in [1.29, 1.82) is 0 Å². The molecule has 2 aliphatic rings. The molecule has 3 unspecified atom stereocenters. The van der Waals surface area contributed by atoms with Crippen LogP contribution in [0.4, 0.5) is 0 Å². The number of carbonyl (C=O) groups excluding carboxylic acids is 1. The van der Waals surface area contributed by atoms with Crippen molar-refractivity contribution in [3.8, 4) is 0 Å². The average Bonchev–Trinajstić information content (AvgIpc) is 2.50. The minimum Gasteiger partial charge on any atom is -0.303 e. The van der Waals surface area contributed by atoms with Crippen LogP contribution >= 0.6 is 0 Å². The Kier molecular flexibility index (Phi) is 1.97. The summed E-state index contributed by atoms with van der Waals surface area (Å²) < 4.78 is 0. The summed E-state index contributed by atoms with van der Waals surface area (Å²) in [5, 5.41) is 0. The zero-order valence-electron chi connectivity index (χ0n) is 6.96. The number of hydrogen-bond acceptors (Lipinski definition) is 1. The molecule has 0 aliphatic heterocycles. The van der Waals surface area contributed by atoms with E-state index in [0.29, 0.717) is 5.92 Å². The Morgan fingerprint density at radius 2 is 1.73 bits per heavy atom. The summed E-state index contributed by atoms with van der Waals surface area (Å²) >= 11 is 0. The molecular weight excluding hydrogens is 136 g/mol. The highest BCUT2D eigenvalue weighted by molar-refractivity contribution is 5.54. The maximum atomic E-state index is 10.7. The first kappa shape index (κ1) is 7.33. The predicted molar refractivity (Wildman–Crippen MR) is 44.2 cm³/mol. The summed E-state index contributed by atoms with van der Waals surface area (Å²) in [6, 6.07) is 0. The van der Waals surface area contributed by atoms with Crippen molar-refractivity contribution in [2.45, 2.75) is 38.5 Å². The van der Waals surface area contributed by atoms with Crippen LogP contribution in [0.25, 0.3) is 0 Å². The molecule has 0 amide bonds. The molecule has 3 atom stereocenters. The SMILES string of the molecule is O=CC1CCCC2CCCC12. The zero-order chi connectivity index (χ0) is 7.68. The molecule has 0 N–H and O–H groups in total. The first-order valence-corrected chi connectivity index (χ1v) is 4.87. The van der Waals surface area contributed by atoms with Crippen molar-refractivity contribution in [2.75, 3.05) is 0 Å². The number of carbonyl (C=O) groups is 1. The van der Waals surface area contributed by atoms with Gasteiger partial charge in [0.2, 0.25) is 0 Å². The highest BCUT2D eigenvalue weighted by atomic mass is 16.1. The van der Waals surface area contributed by atoms with Crippen LogP contribution < -0.4 is 0 Å². The lowest BCUT2D eigenvalue weighted by molar-refractivity contribution is -0.114. The van der Waals surface area contributed by atoms with Crippen molar-refractivity contribution < 1.29 is 4.79 Å². The molecule has 62 valence electrons. The molecule has 2 fully saturated rings. The van der Waals surface area contributed by atoms with Crippen LogP contribution in [0.5, 0.6) is 0 Å². The Labute approximate surface area is 68.2 Å². The number of rotatable bonds is 1. The maximum Gasteiger partial charge on any atom is 0.123 e. The highest BCUT2D eigenvalue weighted by Gasteiger charge is 2.35. The van der Waals surface area contributed by atoms with Gasteiger partial charge in [0.25, 0.3) is 0 Å². The van der Waals surface area contributed by atoms with Crippen LogP contribution in [0, 0.1) is 17.8 Å². The second-order valence-corrected chi connectivity index (χ2v) is 4.09. The van der Waals surface area contributed by atoms with Crippen molar-refractivity contribution >= 4 is 6.29 Å². The second-order valence-electron chi connectivity index (χ2n) is 4.09. The molecule has 0 radical (unpaired) electrons. The molecule has 1 heteroatoms. The van der Waals surface area contributed by atoms with Gasteiger partial charge in [-0.05, 0) is 24.7 Å². The Morgan fingerprint density at radius 1 is 1.00 bits per heavy atom. The van der Waals surface area contributed by atoms with Gasteiger partial charge in [-0.25, -0.2) is 0 Å². The van der Waals surface area contributed by atoms with E-state index in [-0.39, 0.29) is 0 Å². The molecule has 2 aliphatic carbocycles. The van der Waals surface area contributed by atoms with Crippen molar-refractivity contribution in [2.24, 2.45) is 17.8 Å². The van der Waals surface area contributed by atoms with Crippen LogP contribution in [-0.2, 0) is 4.79 Å². The zero-order valence-corrected chi connectivity index (χ0v) is 6.96. The molecule has 11 heavy (non-hydrogen) atoms. The molecule has 0 spiro atoms. The molecule has 0 bridgehead atoms. The third kappa shape index (κ3) is 1.21. The molecule has 2 saturated carbocycles. The fourth-order valence-corrected chi connectivity index (χ4v) is 2.99. The molecular formula is C10H16O. The third-order valence-electron chi connectivity index (χ3n) is 3.55. The van der Waals surface area contributed by atoms with Gasteiger partial charge in [0, 0.05) is 5.92 Å². The number of aldehydes is 1. The van der Waals surface area contributed by atoms with E-state index in [0.717, 1.165) is 11.8 Å². The minimum absolute atomic E-state index is 0.427. The minimum atomic E-state index is 0.427. The second kappa shape index (κ2) is 2.96. The Morgan fingerprint density at radius 3 is 2.45 bits per heavy atom. The lowest BCUT2D eigenvalue weighted by Crippen LogP contribution is -2.24. The summed E-state index contributed by atoms with van der Waals surface area (Å²) in [7, 11) is 0. The first-order valence-electron chi connectivity index (χ1n) is 4.87. The lowest BCUT2D eigenvalue weighted by atomic mass is 9.75. The van der Waals surface area contributed by atoms with Crippen LogP contribution in [0.1, 0.15) is 38.5 Å². The van der Waals surface area contributed by atoms with Gasteiger partial charge >= 0.3 is 0 Å². The Hall–Kier alpha value is -0.330. The summed E-state index contributed by atoms with van der Waals surface area (Å²) in [6.45, 7) is 0. The largest absolute Gasteiger partial charge is 0.303 e. The van der Waals surface area contributed by atoms with Gasteiger partial charge in [0.15, 0.2) is 0 Å². The third-order valence-corrected chi connectivity index (χ3v) is 3.55. The van der Waals surface area contributed by atoms with Crippen LogP contribution in [0.15, 0.2) is 0 Å². The van der Waals surface area contributed by atoms with Crippen LogP contribution in [0.3, 0.4) is 0 Å². The van der Waals surface area contributed by atoms with Gasteiger partial charge in [0.1, 0.15) is 6.29 Å². The van der Waals surface area contributed by atoms with Gasteiger partial charge in [-0.2, -0.15) is 0 Å². The first-order chi connectivity index (χ1) is 5.42. The molecule has 0 aromatic carbocycles. The van der Waals surface area contributed by atoms with E-state index in [2.05, 4.69) is 0 Å². The van der Waals surface area contributed by atoms with E-state index in [4.69, 9.17) is 0 Å². The molecule has 0 saturated heterocycles. The smallest absolute Gasteiger partial charge is 0.123 e. The topological polar surface area (TPSA) is 17.1 Å². The van der Waals surface area contributed by atoms with Gasteiger partial charge in [-0.15, -0.1) is 0 Å². The molecule has 0 aromatic heterocycles. The lowest BCUT2D eigenvalue weighted by Gasteiger charge is -2.30. The average molecular weight is 152 g/mol.